The molecule has 3 N–H and O–H groups in total. The van der Waals surface area contributed by atoms with Crippen molar-refractivity contribution in [1.29, 1.82) is 5.26 Å². The summed E-state index contributed by atoms with van der Waals surface area (Å²) >= 11 is 0. The molecule has 0 spiro atoms. The van der Waals surface area contributed by atoms with Crippen LogP contribution >= 0.6 is 0 Å². The molecule has 2 aromatic rings. The number of hydrogen-bond donors (Lipinski definition) is 2. The van der Waals surface area contributed by atoms with Crippen LogP contribution in [0.1, 0.15) is 36.6 Å². The SMILES string of the molecule is COc1cc(-c2c(C#N)c(N)nc3c2CCCC3)cc(OC)c1OC(C)C(=O)O. The van der Waals surface area contributed by atoms with E-state index in [4.69, 9.17) is 19.9 Å². The van der Waals surface area contributed by atoms with Crippen molar-refractivity contribution >= 4 is 11.8 Å². The monoisotopic (exact) mass is 397 g/mol. The lowest BCUT2D eigenvalue weighted by atomic mass is 9.86. The number of aromatic nitrogens is 1. The molecule has 1 aromatic heterocycles. The Bertz CT molecular complexity index is 972. The molecule has 1 aliphatic carbocycles. The number of anilines is 1. The van der Waals surface area contributed by atoms with E-state index < -0.39 is 12.1 Å². The van der Waals surface area contributed by atoms with E-state index in [2.05, 4.69) is 11.1 Å². The Morgan fingerprint density at radius 2 is 1.86 bits per heavy atom. The number of carbonyl (C=O) groups is 1. The summed E-state index contributed by atoms with van der Waals surface area (Å²) in [6, 6.07) is 5.58. The van der Waals surface area contributed by atoms with Crippen molar-refractivity contribution < 1.29 is 24.1 Å². The van der Waals surface area contributed by atoms with Crippen LogP contribution in [-0.4, -0.2) is 36.4 Å². The molecule has 1 heterocycles. The molecule has 8 heteroatoms. The third kappa shape index (κ3) is 3.76. The first-order chi connectivity index (χ1) is 13.9. The largest absolute Gasteiger partial charge is 0.493 e. The number of nitrogen functional groups attached to an aromatic ring is 1. The third-order valence-electron chi connectivity index (χ3n) is 5.01. The molecule has 0 saturated carbocycles. The van der Waals surface area contributed by atoms with Gasteiger partial charge in [0.2, 0.25) is 5.75 Å². The summed E-state index contributed by atoms with van der Waals surface area (Å²) in [7, 11) is 2.91. The molecule has 1 atom stereocenters. The van der Waals surface area contributed by atoms with Gasteiger partial charge in [0.1, 0.15) is 17.5 Å². The van der Waals surface area contributed by atoms with Gasteiger partial charge in [-0.25, -0.2) is 9.78 Å². The average molecular weight is 397 g/mol. The maximum Gasteiger partial charge on any atom is 0.344 e. The zero-order chi connectivity index (χ0) is 21.1. The third-order valence-corrected chi connectivity index (χ3v) is 5.01. The number of benzene rings is 1. The van der Waals surface area contributed by atoms with Gasteiger partial charge in [-0.15, -0.1) is 0 Å². The second kappa shape index (κ2) is 8.27. The number of carboxylic acid groups (broad SMARTS) is 1. The maximum atomic E-state index is 11.2. The van der Waals surface area contributed by atoms with E-state index in [-0.39, 0.29) is 11.6 Å². The summed E-state index contributed by atoms with van der Waals surface area (Å²) in [4.78, 5) is 15.6. The lowest BCUT2D eigenvalue weighted by Gasteiger charge is -2.23. The van der Waals surface area contributed by atoms with Crippen molar-refractivity contribution in [1.82, 2.24) is 4.98 Å². The molecule has 0 fully saturated rings. The Balaban J connectivity index is 2.24. The summed E-state index contributed by atoms with van der Waals surface area (Å²) in [5, 5.41) is 18.9. The van der Waals surface area contributed by atoms with Gasteiger partial charge in [0.05, 0.1) is 14.2 Å². The number of rotatable bonds is 6. The van der Waals surface area contributed by atoms with Crippen molar-refractivity contribution in [2.24, 2.45) is 0 Å². The van der Waals surface area contributed by atoms with E-state index in [0.717, 1.165) is 36.9 Å². The predicted molar refractivity (Wildman–Crippen MR) is 106 cm³/mol. The number of nitrogens with zero attached hydrogens (tertiary/aromatic N) is 2. The summed E-state index contributed by atoms with van der Waals surface area (Å²) in [6.45, 7) is 1.42. The second-order valence-corrected chi connectivity index (χ2v) is 6.80. The fraction of sp³-hybridized carbons (Fsp3) is 0.381. The number of aryl methyl sites for hydroxylation is 1. The molecule has 152 valence electrons. The van der Waals surface area contributed by atoms with Crippen molar-refractivity contribution in [3.05, 3.63) is 29.0 Å². The fourth-order valence-electron chi connectivity index (χ4n) is 3.56. The molecule has 29 heavy (non-hydrogen) atoms. The average Bonchev–Trinajstić information content (AvgIpc) is 2.72. The molecule has 8 nitrogen and oxygen atoms in total. The Morgan fingerprint density at radius 3 is 2.41 bits per heavy atom. The highest BCUT2D eigenvalue weighted by Gasteiger charge is 2.26. The van der Waals surface area contributed by atoms with E-state index >= 15 is 0 Å². The molecule has 1 aliphatic rings. The van der Waals surface area contributed by atoms with Crippen LogP contribution in [0.15, 0.2) is 12.1 Å². The number of nitrogens with two attached hydrogens (primary N) is 1. The molecule has 0 amide bonds. The van der Waals surface area contributed by atoms with Crippen LogP contribution in [0.3, 0.4) is 0 Å². The van der Waals surface area contributed by atoms with Crippen molar-refractivity contribution in [3.63, 3.8) is 0 Å². The van der Waals surface area contributed by atoms with Crippen molar-refractivity contribution in [2.45, 2.75) is 38.7 Å². The van der Waals surface area contributed by atoms with E-state index in [0.29, 0.717) is 28.2 Å². The first-order valence-corrected chi connectivity index (χ1v) is 9.28. The smallest absolute Gasteiger partial charge is 0.344 e. The highest BCUT2D eigenvalue weighted by molar-refractivity contribution is 5.82. The van der Waals surface area contributed by atoms with E-state index in [9.17, 15) is 15.2 Å². The minimum Gasteiger partial charge on any atom is -0.493 e. The predicted octanol–water partition coefficient (Wildman–Crippen LogP) is 2.95. The Hall–Kier alpha value is -3.47. The van der Waals surface area contributed by atoms with Gasteiger partial charge in [0.25, 0.3) is 0 Å². The van der Waals surface area contributed by atoms with Crippen LogP contribution in [0, 0.1) is 11.3 Å². The Morgan fingerprint density at radius 1 is 1.24 bits per heavy atom. The standard InChI is InChI=1S/C21H23N3O5/c1-11(21(25)26)29-19-16(27-2)8-12(9-17(19)28-3)18-13-6-4-5-7-15(13)24-20(23)14(18)10-22/h8-9,11H,4-7H2,1-3H3,(H2,23,24)(H,25,26). The summed E-state index contributed by atoms with van der Waals surface area (Å²) in [6.07, 6.45) is 2.54. The van der Waals surface area contributed by atoms with Crippen LogP contribution in [0.5, 0.6) is 17.2 Å². The molecular weight excluding hydrogens is 374 g/mol. The molecule has 0 saturated heterocycles. The van der Waals surface area contributed by atoms with Crippen LogP contribution < -0.4 is 19.9 Å². The normalized spacial score (nSPS) is 13.7. The Kier molecular flexibility index (Phi) is 5.78. The first-order valence-electron chi connectivity index (χ1n) is 9.28. The first kappa shape index (κ1) is 20.3. The van der Waals surface area contributed by atoms with Gasteiger partial charge in [-0.3, -0.25) is 0 Å². The highest BCUT2D eigenvalue weighted by atomic mass is 16.6. The quantitative estimate of drug-likeness (QED) is 0.761. The van der Waals surface area contributed by atoms with E-state index in [1.807, 2.05) is 0 Å². The molecule has 0 radical (unpaired) electrons. The lowest BCUT2D eigenvalue weighted by molar-refractivity contribution is -0.144. The van der Waals surface area contributed by atoms with Gasteiger partial charge in [-0.1, -0.05) is 0 Å². The van der Waals surface area contributed by atoms with Crippen molar-refractivity contribution in [2.75, 3.05) is 20.0 Å². The number of fused-ring (bicyclic) bond motifs is 1. The van der Waals surface area contributed by atoms with E-state index in [1.165, 1.54) is 21.1 Å². The summed E-state index contributed by atoms with van der Waals surface area (Å²) in [5.74, 6) is -0.127. The zero-order valence-electron chi connectivity index (χ0n) is 16.6. The van der Waals surface area contributed by atoms with Crippen LogP contribution in [0.4, 0.5) is 5.82 Å². The van der Waals surface area contributed by atoms with Gasteiger partial charge >= 0.3 is 5.97 Å². The Labute approximate surface area is 168 Å². The van der Waals surface area contributed by atoms with Crippen LogP contribution in [-0.2, 0) is 17.6 Å². The molecule has 0 bridgehead atoms. The number of nitriles is 1. The van der Waals surface area contributed by atoms with E-state index in [1.54, 1.807) is 12.1 Å². The van der Waals surface area contributed by atoms with Gasteiger partial charge in [-0.2, -0.15) is 5.26 Å². The maximum absolute atomic E-state index is 11.2. The number of methoxy groups -OCH3 is 2. The summed E-state index contributed by atoms with van der Waals surface area (Å²) < 4.78 is 16.5. The van der Waals surface area contributed by atoms with Crippen molar-refractivity contribution in [3.8, 4) is 34.4 Å². The fourth-order valence-corrected chi connectivity index (χ4v) is 3.56. The number of carboxylic acids is 1. The van der Waals surface area contributed by atoms with Gasteiger partial charge in [-0.05, 0) is 55.9 Å². The minimum absolute atomic E-state index is 0.183. The molecule has 1 unspecified atom stereocenters. The van der Waals surface area contributed by atoms with Crippen LogP contribution in [0.2, 0.25) is 0 Å². The van der Waals surface area contributed by atoms with Gasteiger partial charge in [0, 0.05) is 11.3 Å². The summed E-state index contributed by atoms with van der Waals surface area (Å²) in [5.41, 5.74) is 9.68. The number of pyridine rings is 1. The minimum atomic E-state index is -1.11. The molecule has 0 aliphatic heterocycles. The van der Waals surface area contributed by atoms with Crippen LogP contribution in [0.25, 0.3) is 11.1 Å². The molecule has 3 rings (SSSR count). The van der Waals surface area contributed by atoms with Gasteiger partial charge in [0.15, 0.2) is 17.6 Å². The second-order valence-electron chi connectivity index (χ2n) is 6.80. The zero-order valence-corrected chi connectivity index (χ0v) is 16.6. The van der Waals surface area contributed by atoms with Gasteiger partial charge < -0.3 is 25.1 Å². The number of hydrogen-bond acceptors (Lipinski definition) is 7. The topological polar surface area (TPSA) is 128 Å². The number of ether oxygens (including phenoxy) is 3. The molecular formula is C21H23N3O5. The lowest BCUT2D eigenvalue weighted by Crippen LogP contribution is -2.23. The highest BCUT2D eigenvalue weighted by Crippen LogP contribution is 2.45. The number of aliphatic carboxylic acids is 1. The molecule has 1 aromatic carbocycles.